The summed E-state index contributed by atoms with van der Waals surface area (Å²) in [5.74, 6) is -1.09. The number of halogens is 1. The summed E-state index contributed by atoms with van der Waals surface area (Å²) in [4.78, 5) is 26.7. The molecule has 0 aromatic rings. The maximum Gasteiger partial charge on any atom is 0.331 e. The minimum absolute atomic E-state index is 0. The van der Waals surface area contributed by atoms with Gasteiger partial charge in [0.05, 0.1) is 0 Å². The number of hydrogen-bond donors (Lipinski definition) is 2. The highest BCUT2D eigenvalue weighted by molar-refractivity contribution is 7.72. The van der Waals surface area contributed by atoms with E-state index in [4.69, 9.17) is 9.47 Å². The van der Waals surface area contributed by atoms with E-state index in [9.17, 15) is 26.4 Å². The SMILES string of the molecule is CN(CCC[SH](=O)=O)CCOC(=O)/C=C/C(=O)OCCN(C)CCC[SH](=O)=O.Cl. The molecule has 0 aliphatic rings. The Labute approximate surface area is 181 Å². The Hall–Kier alpha value is -1.21. The Kier molecular flexibility index (Phi) is 19.4. The van der Waals surface area contributed by atoms with Gasteiger partial charge in [-0.25, -0.2) is 26.4 Å². The topological polar surface area (TPSA) is 127 Å². The van der Waals surface area contributed by atoms with Gasteiger partial charge in [0, 0.05) is 36.7 Å². The number of carbonyl (C=O) groups is 2. The van der Waals surface area contributed by atoms with E-state index in [1.807, 2.05) is 9.80 Å². The molecular formula is C16H31ClN2O8S2. The van der Waals surface area contributed by atoms with Crippen molar-refractivity contribution in [3.8, 4) is 0 Å². The molecule has 29 heavy (non-hydrogen) atoms. The first-order chi connectivity index (χ1) is 13.2. The Balaban J connectivity index is 0. The van der Waals surface area contributed by atoms with Crippen LogP contribution in [0.1, 0.15) is 12.8 Å². The van der Waals surface area contributed by atoms with E-state index in [0.717, 1.165) is 12.2 Å². The van der Waals surface area contributed by atoms with Crippen molar-refractivity contribution in [1.82, 2.24) is 9.80 Å². The maximum atomic E-state index is 11.5. The molecule has 0 N–H and O–H groups in total. The van der Waals surface area contributed by atoms with Crippen LogP contribution in [0.4, 0.5) is 0 Å². The summed E-state index contributed by atoms with van der Waals surface area (Å²) in [6.45, 7) is 2.30. The lowest BCUT2D eigenvalue weighted by Gasteiger charge is -2.15. The summed E-state index contributed by atoms with van der Waals surface area (Å²) < 4.78 is 51.7. The second-order valence-electron chi connectivity index (χ2n) is 6.09. The molecule has 0 aliphatic heterocycles. The van der Waals surface area contributed by atoms with Crippen LogP contribution in [0.3, 0.4) is 0 Å². The van der Waals surface area contributed by atoms with Gasteiger partial charge < -0.3 is 19.3 Å². The molecule has 0 saturated heterocycles. The number of likely N-dealkylation sites (N-methyl/N-ethyl adjacent to an activating group) is 2. The van der Waals surface area contributed by atoms with Gasteiger partial charge in [-0.1, -0.05) is 0 Å². The zero-order valence-electron chi connectivity index (χ0n) is 16.7. The third-order valence-corrected chi connectivity index (χ3v) is 4.91. The highest BCUT2D eigenvalue weighted by atomic mass is 35.5. The molecule has 0 aliphatic carbocycles. The molecule has 0 atom stereocenters. The molecule has 0 unspecified atom stereocenters. The zero-order valence-corrected chi connectivity index (χ0v) is 19.3. The molecular weight excluding hydrogens is 448 g/mol. The van der Waals surface area contributed by atoms with Gasteiger partial charge in [0.25, 0.3) is 0 Å². The summed E-state index contributed by atoms with van der Waals surface area (Å²) in [6, 6.07) is 0. The number of nitrogens with zero attached hydrogens (tertiary/aromatic N) is 2. The Bertz CT molecular complexity index is 583. The third kappa shape index (κ3) is 21.3. The summed E-state index contributed by atoms with van der Waals surface area (Å²) in [5, 5.41) is 0. The zero-order chi connectivity index (χ0) is 21.4. The monoisotopic (exact) mass is 478 g/mol. The van der Waals surface area contributed by atoms with Crippen LogP contribution in [0.15, 0.2) is 12.2 Å². The highest BCUT2D eigenvalue weighted by Crippen LogP contribution is 1.92. The van der Waals surface area contributed by atoms with Gasteiger partial charge in [0.1, 0.15) is 34.6 Å². The first kappa shape index (κ1) is 30.0. The summed E-state index contributed by atoms with van der Waals surface area (Å²) in [7, 11) is -1.16. The molecule has 172 valence electrons. The number of thiol groups is 2. The van der Waals surface area contributed by atoms with Crippen LogP contribution in [-0.4, -0.2) is 104 Å². The fourth-order valence-electron chi connectivity index (χ4n) is 2.00. The second-order valence-corrected chi connectivity index (χ2v) is 8.32. The molecule has 0 radical (unpaired) electrons. The molecule has 0 aromatic heterocycles. The fourth-order valence-corrected chi connectivity index (χ4v) is 2.80. The third-order valence-electron chi connectivity index (χ3n) is 3.55. The van der Waals surface area contributed by atoms with Gasteiger partial charge in [0.15, 0.2) is 0 Å². The van der Waals surface area contributed by atoms with Crippen LogP contribution in [0.25, 0.3) is 0 Å². The van der Waals surface area contributed by atoms with Crippen molar-refractivity contribution in [2.24, 2.45) is 0 Å². The predicted octanol–water partition coefficient (Wildman–Crippen LogP) is -1.08. The van der Waals surface area contributed by atoms with Crippen LogP contribution >= 0.6 is 12.4 Å². The largest absolute Gasteiger partial charge is 0.461 e. The number of hydrogen-bond acceptors (Lipinski definition) is 10. The molecule has 0 fully saturated rings. The van der Waals surface area contributed by atoms with Crippen LogP contribution in [0.2, 0.25) is 0 Å². The number of ether oxygens (including phenoxy) is 2. The quantitative estimate of drug-likeness (QED) is 0.160. The van der Waals surface area contributed by atoms with Crippen LogP contribution in [-0.2, 0) is 40.5 Å². The van der Waals surface area contributed by atoms with Gasteiger partial charge in [-0.2, -0.15) is 0 Å². The van der Waals surface area contributed by atoms with Gasteiger partial charge >= 0.3 is 11.9 Å². The van der Waals surface area contributed by atoms with Crippen molar-refractivity contribution >= 4 is 45.8 Å². The highest BCUT2D eigenvalue weighted by Gasteiger charge is 2.04. The molecule has 10 nitrogen and oxygen atoms in total. The van der Waals surface area contributed by atoms with Gasteiger partial charge in [0.2, 0.25) is 0 Å². The van der Waals surface area contributed by atoms with E-state index < -0.39 is 33.3 Å². The lowest BCUT2D eigenvalue weighted by atomic mass is 10.4. The molecule has 0 amide bonds. The van der Waals surface area contributed by atoms with Crippen molar-refractivity contribution in [3.05, 3.63) is 12.2 Å². The lowest BCUT2D eigenvalue weighted by molar-refractivity contribution is -0.140. The van der Waals surface area contributed by atoms with Gasteiger partial charge in [-0.05, 0) is 40.0 Å². The van der Waals surface area contributed by atoms with Gasteiger partial charge in [-0.15, -0.1) is 12.4 Å². The summed E-state index contributed by atoms with van der Waals surface area (Å²) in [5.41, 5.74) is 0. The summed E-state index contributed by atoms with van der Waals surface area (Å²) >= 11 is 0. The van der Waals surface area contributed by atoms with Crippen molar-refractivity contribution < 1.29 is 35.9 Å². The summed E-state index contributed by atoms with van der Waals surface area (Å²) in [6.07, 6.45) is 3.00. The average molecular weight is 479 g/mol. The molecule has 0 saturated carbocycles. The standard InChI is InChI=1S/C16H30N2O8S2.ClH/c1-17(7-3-13-27(21)22)9-11-25-15(19)5-6-16(20)26-12-10-18(2)8-4-14-28(23)24;/h5-6,27-28H,3-4,7-14H2,1-2H3;1H/b6-5+;. The van der Waals surface area contributed by atoms with Crippen LogP contribution in [0, 0.1) is 0 Å². The number of esters is 2. The van der Waals surface area contributed by atoms with Crippen molar-refractivity contribution in [2.75, 3.05) is 65.0 Å². The van der Waals surface area contributed by atoms with E-state index in [2.05, 4.69) is 0 Å². The fraction of sp³-hybridized carbons (Fsp3) is 0.750. The molecule has 0 aromatic carbocycles. The predicted molar refractivity (Wildman–Crippen MR) is 113 cm³/mol. The van der Waals surface area contributed by atoms with Crippen molar-refractivity contribution in [2.45, 2.75) is 12.8 Å². The van der Waals surface area contributed by atoms with Crippen molar-refractivity contribution in [3.63, 3.8) is 0 Å². The first-order valence-electron chi connectivity index (χ1n) is 8.83. The van der Waals surface area contributed by atoms with E-state index in [0.29, 0.717) is 39.0 Å². The van der Waals surface area contributed by atoms with Crippen molar-refractivity contribution in [1.29, 1.82) is 0 Å². The Morgan fingerprint density at radius 3 is 1.38 bits per heavy atom. The van der Waals surface area contributed by atoms with Crippen LogP contribution < -0.4 is 0 Å². The van der Waals surface area contributed by atoms with Gasteiger partial charge in [-0.3, -0.25) is 0 Å². The molecule has 0 bridgehead atoms. The first-order valence-corrected chi connectivity index (χ1v) is 11.6. The minimum atomic E-state index is -2.37. The second kappa shape index (κ2) is 18.8. The van der Waals surface area contributed by atoms with Crippen LogP contribution in [0.5, 0.6) is 0 Å². The molecule has 0 heterocycles. The smallest absolute Gasteiger partial charge is 0.331 e. The average Bonchev–Trinajstić information content (AvgIpc) is 2.59. The van der Waals surface area contributed by atoms with E-state index >= 15 is 0 Å². The maximum absolute atomic E-state index is 11.5. The Morgan fingerprint density at radius 2 is 1.07 bits per heavy atom. The molecule has 0 spiro atoms. The molecule has 0 rings (SSSR count). The van der Waals surface area contributed by atoms with E-state index in [1.165, 1.54) is 0 Å². The van der Waals surface area contributed by atoms with E-state index in [-0.39, 0.29) is 37.1 Å². The van der Waals surface area contributed by atoms with E-state index in [1.54, 1.807) is 14.1 Å². The Morgan fingerprint density at radius 1 is 0.724 bits per heavy atom. The molecule has 13 heteroatoms. The lowest BCUT2D eigenvalue weighted by Crippen LogP contribution is -2.26. The normalized spacial score (nSPS) is 11.4. The number of carbonyl (C=O) groups excluding carboxylic acids is 2. The number of rotatable bonds is 16. The minimum Gasteiger partial charge on any atom is -0.461 e.